The van der Waals surface area contributed by atoms with Crippen molar-refractivity contribution in [2.24, 2.45) is 12.0 Å². The summed E-state index contributed by atoms with van der Waals surface area (Å²) in [4.78, 5) is 13.1. The number of ether oxygens (including phenoxy) is 1. The second kappa shape index (κ2) is 7.70. The van der Waals surface area contributed by atoms with Crippen molar-refractivity contribution in [1.29, 1.82) is 0 Å². The van der Waals surface area contributed by atoms with Crippen LogP contribution < -0.4 is 10.1 Å². The number of rotatable bonds is 6. The molecule has 0 amide bonds. The fourth-order valence-electron chi connectivity index (χ4n) is 2.97. The van der Waals surface area contributed by atoms with Crippen molar-refractivity contribution in [2.75, 3.05) is 12.4 Å². The molecule has 142 valence electrons. The Kier molecular flexibility index (Phi) is 5.53. The third-order valence-electron chi connectivity index (χ3n) is 4.32. The third-order valence-corrected chi connectivity index (χ3v) is 5.37. The summed E-state index contributed by atoms with van der Waals surface area (Å²) >= 11 is 8.02. The average Bonchev–Trinajstić information content (AvgIpc) is 3.19. The van der Waals surface area contributed by atoms with Crippen molar-refractivity contribution < 1.29 is 4.74 Å². The molecule has 0 saturated heterocycles. The van der Waals surface area contributed by atoms with Crippen LogP contribution in [0.4, 0.5) is 16.8 Å². The van der Waals surface area contributed by atoms with Crippen LogP contribution in [0.1, 0.15) is 31.0 Å². The number of hydrogen-bond acceptors (Lipinski definition) is 6. The maximum absolute atomic E-state index is 6.50. The number of aryl methyl sites for hydroxylation is 1. The summed E-state index contributed by atoms with van der Waals surface area (Å²) in [5, 5.41) is 6.73. The van der Waals surface area contributed by atoms with E-state index in [1.54, 1.807) is 13.2 Å². The first kappa shape index (κ1) is 19.4. The number of hydrogen-bond donors (Lipinski definition) is 1. The SMILES string of the molecule is C=Nc1nc(C)c(-c2csc(Nc3c(Cl)cc(OC)cc3C(C)C)n2)n1C. The predicted molar refractivity (Wildman–Crippen MR) is 114 cm³/mol. The summed E-state index contributed by atoms with van der Waals surface area (Å²) in [5.41, 5.74) is 4.55. The minimum Gasteiger partial charge on any atom is -0.497 e. The topological polar surface area (TPSA) is 64.3 Å². The first-order valence-corrected chi connectivity index (χ1v) is 9.71. The van der Waals surface area contributed by atoms with E-state index in [1.807, 2.05) is 30.0 Å². The molecular formula is C19H22ClN5OS. The third kappa shape index (κ3) is 3.70. The van der Waals surface area contributed by atoms with E-state index in [1.165, 1.54) is 11.3 Å². The standard InChI is InChI=1S/C19H22ClN5OS/c1-10(2)13-7-12(26-6)8-14(20)16(13)24-19-23-15(9-27-19)17-11(3)22-18(21-4)25(17)5/h7-10H,4H2,1-3,5-6H3,(H,23,24). The van der Waals surface area contributed by atoms with Crippen molar-refractivity contribution in [2.45, 2.75) is 26.7 Å². The molecule has 0 radical (unpaired) electrons. The molecule has 0 spiro atoms. The van der Waals surface area contributed by atoms with Gasteiger partial charge in [-0.05, 0) is 31.2 Å². The van der Waals surface area contributed by atoms with Gasteiger partial charge in [-0.3, -0.25) is 0 Å². The van der Waals surface area contributed by atoms with Gasteiger partial charge in [-0.15, -0.1) is 11.3 Å². The Morgan fingerprint density at radius 2 is 2.07 bits per heavy atom. The van der Waals surface area contributed by atoms with Gasteiger partial charge >= 0.3 is 0 Å². The largest absolute Gasteiger partial charge is 0.497 e. The Morgan fingerprint density at radius 1 is 1.33 bits per heavy atom. The van der Waals surface area contributed by atoms with Gasteiger partial charge in [0.05, 0.1) is 29.2 Å². The van der Waals surface area contributed by atoms with E-state index < -0.39 is 0 Å². The molecule has 0 fully saturated rings. The van der Waals surface area contributed by atoms with Crippen LogP contribution in [0, 0.1) is 6.92 Å². The van der Waals surface area contributed by atoms with Crippen LogP contribution in [0.5, 0.6) is 5.75 Å². The van der Waals surface area contributed by atoms with E-state index >= 15 is 0 Å². The minimum absolute atomic E-state index is 0.278. The molecule has 0 aliphatic carbocycles. The van der Waals surface area contributed by atoms with Crippen molar-refractivity contribution in [3.05, 3.63) is 33.8 Å². The van der Waals surface area contributed by atoms with Crippen LogP contribution in [0.2, 0.25) is 5.02 Å². The Bertz CT molecular complexity index is 992. The zero-order valence-electron chi connectivity index (χ0n) is 16.0. The maximum Gasteiger partial charge on any atom is 0.229 e. The van der Waals surface area contributed by atoms with Gasteiger partial charge in [0.1, 0.15) is 11.4 Å². The zero-order chi connectivity index (χ0) is 19.7. The maximum atomic E-state index is 6.50. The number of thiazole rings is 1. The Morgan fingerprint density at radius 3 is 2.67 bits per heavy atom. The van der Waals surface area contributed by atoms with Crippen molar-refractivity contribution in [3.8, 4) is 17.1 Å². The van der Waals surface area contributed by atoms with Gasteiger partial charge in [0.2, 0.25) is 5.95 Å². The predicted octanol–water partition coefficient (Wildman–Crippen LogP) is 5.71. The molecule has 0 saturated carbocycles. The smallest absolute Gasteiger partial charge is 0.229 e. The second-order valence-electron chi connectivity index (χ2n) is 6.45. The number of aromatic nitrogens is 3. The fourth-order valence-corrected chi connectivity index (χ4v) is 3.94. The van der Waals surface area contributed by atoms with E-state index in [0.29, 0.717) is 11.0 Å². The molecule has 2 aromatic heterocycles. The summed E-state index contributed by atoms with van der Waals surface area (Å²) in [6, 6.07) is 3.80. The van der Waals surface area contributed by atoms with Crippen LogP contribution in [-0.4, -0.2) is 28.4 Å². The van der Waals surface area contributed by atoms with Crippen LogP contribution in [0.15, 0.2) is 22.5 Å². The first-order chi connectivity index (χ1) is 12.8. The summed E-state index contributed by atoms with van der Waals surface area (Å²) < 4.78 is 7.23. The number of imidazole rings is 1. The molecule has 8 heteroatoms. The number of nitrogens with one attached hydrogen (secondary N) is 1. The lowest BCUT2D eigenvalue weighted by Crippen LogP contribution is -2.00. The molecule has 1 N–H and O–H groups in total. The van der Waals surface area contributed by atoms with E-state index in [9.17, 15) is 0 Å². The first-order valence-electron chi connectivity index (χ1n) is 8.46. The highest BCUT2D eigenvalue weighted by atomic mass is 35.5. The molecule has 2 heterocycles. The molecule has 1 aromatic carbocycles. The molecule has 6 nitrogen and oxygen atoms in total. The zero-order valence-corrected chi connectivity index (χ0v) is 17.6. The summed E-state index contributed by atoms with van der Waals surface area (Å²) in [7, 11) is 3.54. The lowest BCUT2D eigenvalue weighted by Gasteiger charge is -2.16. The molecule has 0 aliphatic heterocycles. The van der Waals surface area contributed by atoms with Gasteiger partial charge in [0.15, 0.2) is 5.13 Å². The fraction of sp³-hybridized carbons (Fsp3) is 0.316. The van der Waals surface area contributed by atoms with Crippen LogP contribution in [0.3, 0.4) is 0 Å². The molecule has 0 aliphatic rings. The molecule has 0 bridgehead atoms. The van der Waals surface area contributed by atoms with Crippen molar-refractivity contribution >= 4 is 46.4 Å². The van der Waals surface area contributed by atoms with E-state index in [0.717, 1.165) is 39.2 Å². The molecule has 27 heavy (non-hydrogen) atoms. The summed E-state index contributed by atoms with van der Waals surface area (Å²) in [6.07, 6.45) is 0. The lowest BCUT2D eigenvalue weighted by atomic mass is 10.0. The van der Waals surface area contributed by atoms with E-state index in [2.05, 4.69) is 35.9 Å². The van der Waals surface area contributed by atoms with Gasteiger partial charge < -0.3 is 14.6 Å². The van der Waals surface area contributed by atoms with Gasteiger partial charge in [0.25, 0.3) is 0 Å². The van der Waals surface area contributed by atoms with Crippen LogP contribution >= 0.6 is 22.9 Å². The highest BCUT2D eigenvalue weighted by Crippen LogP contribution is 2.39. The molecule has 3 aromatic rings. The van der Waals surface area contributed by atoms with E-state index in [-0.39, 0.29) is 5.92 Å². The molecule has 0 atom stereocenters. The monoisotopic (exact) mass is 403 g/mol. The Labute approximate surface area is 167 Å². The number of methoxy groups -OCH3 is 1. The van der Waals surface area contributed by atoms with Gasteiger partial charge in [-0.2, -0.15) is 0 Å². The summed E-state index contributed by atoms with van der Waals surface area (Å²) in [5.74, 6) is 1.59. The van der Waals surface area contributed by atoms with Crippen molar-refractivity contribution in [1.82, 2.24) is 14.5 Å². The number of nitrogens with zero attached hydrogens (tertiary/aromatic N) is 4. The number of benzene rings is 1. The molecular weight excluding hydrogens is 382 g/mol. The Balaban J connectivity index is 1.98. The minimum atomic E-state index is 0.278. The second-order valence-corrected chi connectivity index (χ2v) is 7.72. The molecule has 0 unspecified atom stereocenters. The highest BCUT2D eigenvalue weighted by molar-refractivity contribution is 7.14. The average molecular weight is 404 g/mol. The van der Waals surface area contributed by atoms with E-state index in [4.69, 9.17) is 21.3 Å². The van der Waals surface area contributed by atoms with Crippen molar-refractivity contribution in [3.63, 3.8) is 0 Å². The number of halogens is 1. The number of aliphatic imine (C=N–C) groups is 1. The highest BCUT2D eigenvalue weighted by Gasteiger charge is 2.18. The molecule has 3 rings (SSSR count). The quantitative estimate of drug-likeness (QED) is 0.535. The normalized spacial score (nSPS) is 11.1. The number of anilines is 2. The summed E-state index contributed by atoms with van der Waals surface area (Å²) in [6.45, 7) is 9.74. The van der Waals surface area contributed by atoms with Crippen LogP contribution in [-0.2, 0) is 7.05 Å². The van der Waals surface area contributed by atoms with Gasteiger partial charge in [-0.1, -0.05) is 25.4 Å². The van der Waals surface area contributed by atoms with Gasteiger partial charge in [0, 0.05) is 18.5 Å². The lowest BCUT2D eigenvalue weighted by molar-refractivity contribution is 0.414. The van der Waals surface area contributed by atoms with Crippen LogP contribution in [0.25, 0.3) is 11.4 Å². The Hall–Kier alpha value is -2.38. The van der Waals surface area contributed by atoms with Gasteiger partial charge in [-0.25, -0.2) is 15.0 Å².